The smallest absolute Gasteiger partial charge is 0.0541 e. The fraction of sp³-hybridized carbons (Fsp3) is 0. The maximum Gasteiger partial charge on any atom is 0.0541 e. The molecule has 3 heterocycles. The van der Waals surface area contributed by atoms with Gasteiger partial charge in [0.25, 0.3) is 0 Å². The minimum atomic E-state index is 1.14. The Labute approximate surface area is 403 Å². The van der Waals surface area contributed by atoms with Crippen LogP contribution in [0.25, 0.3) is 131 Å². The molecule has 0 unspecified atom stereocenters. The molecule has 14 rings (SSSR count). The van der Waals surface area contributed by atoms with Crippen molar-refractivity contribution >= 4 is 76.5 Å². The van der Waals surface area contributed by atoms with Crippen molar-refractivity contribution in [2.45, 2.75) is 0 Å². The average Bonchev–Trinajstić information content (AvgIpc) is 4.14. The van der Waals surface area contributed by atoms with E-state index in [-0.39, 0.29) is 0 Å². The van der Waals surface area contributed by atoms with Gasteiger partial charge in [0.1, 0.15) is 0 Å². The van der Waals surface area contributed by atoms with Crippen LogP contribution in [-0.2, 0) is 0 Å². The van der Waals surface area contributed by atoms with Crippen molar-refractivity contribution in [3.05, 3.63) is 255 Å². The molecule has 11 aromatic carbocycles. The van der Waals surface area contributed by atoms with E-state index >= 15 is 0 Å². The molecule has 0 atom stereocenters. The van der Waals surface area contributed by atoms with E-state index in [4.69, 9.17) is 0 Å². The Morgan fingerprint density at radius 2 is 0.580 bits per heavy atom. The van der Waals surface area contributed by atoms with Crippen molar-refractivity contribution in [2.75, 3.05) is 0 Å². The van der Waals surface area contributed by atoms with Crippen LogP contribution in [0.4, 0.5) is 0 Å². The van der Waals surface area contributed by atoms with Gasteiger partial charge in [-0.25, -0.2) is 0 Å². The molecule has 3 aromatic heterocycles. The fourth-order valence-corrected chi connectivity index (χ4v) is 12.0. The van der Waals surface area contributed by atoms with Crippen LogP contribution >= 0.6 is 11.3 Å². The molecule has 0 aliphatic heterocycles. The van der Waals surface area contributed by atoms with Crippen molar-refractivity contribution in [1.82, 2.24) is 9.13 Å². The number of aromatic nitrogens is 2. The largest absolute Gasteiger partial charge is 0.309 e. The molecule has 0 aliphatic rings. The number of hydrogen-bond acceptors (Lipinski definition) is 1. The summed E-state index contributed by atoms with van der Waals surface area (Å²) < 4.78 is 4.80. The molecule has 322 valence electrons. The Morgan fingerprint density at radius 3 is 1.09 bits per heavy atom. The summed E-state index contributed by atoms with van der Waals surface area (Å²) in [5, 5.41) is 9.98. The molecule has 0 fully saturated rings. The quantitative estimate of drug-likeness (QED) is 0.141. The third-order valence-corrected chi connectivity index (χ3v) is 15.3. The monoisotopic (exact) mass is 894 g/mol. The molecule has 3 heteroatoms. The highest BCUT2D eigenvalue weighted by atomic mass is 32.1. The van der Waals surface area contributed by atoms with Gasteiger partial charge in [0.15, 0.2) is 0 Å². The van der Waals surface area contributed by atoms with Crippen LogP contribution in [0.15, 0.2) is 255 Å². The molecule has 0 spiro atoms. The summed E-state index contributed by atoms with van der Waals surface area (Å²) in [5.41, 5.74) is 16.9. The van der Waals surface area contributed by atoms with Crippen LogP contribution in [0.5, 0.6) is 0 Å². The van der Waals surface area contributed by atoms with E-state index in [2.05, 4.69) is 264 Å². The van der Waals surface area contributed by atoms with Crippen molar-refractivity contribution in [3.8, 4) is 65.6 Å². The number of hydrogen-bond donors (Lipinski definition) is 0. The van der Waals surface area contributed by atoms with Crippen LogP contribution in [-0.4, -0.2) is 9.13 Å². The first kappa shape index (κ1) is 39.4. The number of nitrogens with zero attached hydrogens (tertiary/aromatic N) is 2. The van der Waals surface area contributed by atoms with Gasteiger partial charge < -0.3 is 9.13 Å². The zero-order chi connectivity index (χ0) is 45.4. The van der Waals surface area contributed by atoms with Crippen molar-refractivity contribution < 1.29 is 0 Å². The molecule has 0 amide bonds. The SMILES string of the molecule is c1ccc(-c2ccc(-c3cccc(-c4ccc5c(-c6ccc(-n7c8ccccc8c8ccccc87)cc6)c6ccccc6c(-c6ccc(-n7c8ccccc8c8ccccc87)cc6)c5c4)c3)s2)cc1. The first-order chi connectivity index (χ1) is 34.2. The lowest BCUT2D eigenvalue weighted by molar-refractivity contribution is 1.18. The second-order valence-corrected chi connectivity index (χ2v) is 19.1. The van der Waals surface area contributed by atoms with E-state index in [1.807, 2.05) is 11.3 Å². The van der Waals surface area contributed by atoms with Gasteiger partial charge in [0, 0.05) is 42.7 Å². The van der Waals surface area contributed by atoms with Crippen molar-refractivity contribution in [3.63, 3.8) is 0 Å². The molecule has 69 heavy (non-hydrogen) atoms. The van der Waals surface area contributed by atoms with E-state index in [9.17, 15) is 0 Å². The molecule has 0 radical (unpaired) electrons. The highest BCUT2D eigenvalue weighted by Gasteiger charge is 2.20. The number of fused-ring (bicyclic) bond motifs is 8. The van der Waals surface area contributed by atoms with Gasteiger partial charge in [0.05, 0.1) is 22.1 Å². The van der Waals surface area contributed by atoms with Crippen molar-refractivity contribution in [2.24, 2.45) is 0 Å². The predicted octanol–water partition coefficient (Wildman–Crippen LogP) is 18.6. The Hall–Kier alpha value is -8.76. The third-order valence-electron chi connectivity index (χ3n) is 14.2. The third kappa shape index (κ3) is 6.39. The molecule has 0 bridgehead atoms. The summed E-state index contributed by atoms with van der Waals surface area (Å²) in [4.78, 5) is 2.54. The van der Waals surface area contributed by atoms with Crippen LogP contribution < -0.4 is 0 Å². The van der Waals surface area contributed by atoms with Crippen LogP contribution in [0, 0.1) is 0 Å². The first-order valence-electron chi connectivity index (χ1n) is 23.7. The Balaban J connectivity index is 0.953. The van der Waals surface area contributed by atoms with E-state index in [1.54, 1.807) is 0 Å². The van der Waals surface area contributed by atoms with E-state index < -0.39 is 0 Å². The Bertz CT molecular complexity index is 4180. The van der Waals surface area contributed by atoms with Gasteiger partial charge in [-0.2, -0.15) is 0 Å². The van der Waals surface area contributed by atoms with Gasteiger partial charge in [-0.3, -0.25) is 0 Å². The molecule has 0 saturated heterocycles. The fourth-order valence-electron chi connectivity index (χ4n) is 11.0. The predicted molar refractivity (Wildman–Crippen MR) is 295 cm³/mol. The van der Waals surface area contributed by atoms with Gasteiger partial charge in [-0.1, -0.05) is 182 Å². The minimum Gasteiger partial charge on any atom is -0.309 e. The van der Waals surface area contributed by atoms with Crippen molar-refractivity contribution in [1.29, 1.82) is 0 Å². The minimum absolute atomic E-state index is 1.14. The average molecular weight is 895 g/mol. The van der Waals surface area contributed by atoms with Crippen LogP contribution in [0.3, 0.4) is 0 Å². The maximum absolute atomic E-state index is 2.44. The zero-order valence-electron chi connectivity index (χ0n) is 37.6. The summed E-state index contributed by atoms with van der Waals surface area (Å²) >= 11 is 1.84. The Morgan fingerprint density at radius 1 is 0.217 bits per heavy atom. The molecule has 0 N–H and O–H groups in total. The normalized spacial score (nSPS) is 11.8. The molecular weight excluding hydrogens is 853 g/mol. The zero-order valence-corrected chi connectivity index (χ0v) is 38.4. The number of benzene rings is 11. The molecule has 14 aromatic rings. The van der Waals surface area contributed by atoms with Crippen LogP contribution in [0.2, 0.25) is 0 Å². The number of rotatable bonds is 7. The first-order valence-corrected chi connectivity index (χ1v) is 24.5. The second-order valence-electron chi connectivity index (χ2n) is 18.0. The lowest BCUT2D eigenvalue weighted by Gasteiger charge is -2.19. The summed E-state index contributed by atoms with van der Waals surface area (Å²) in [5.74, 6) is 0. The molecule has 0 saturated carbocycles. The topological polar surface area (TPSA) is 9.86 Å². The van der Waals surface area contributed by atoms with Gasteiger partial charge in [-0.15, -0.1) is 11.3 Å². The second kappa shape index (κ2) is 16.0. The van der Waals surface area contributed by atoms with Gasteiger partial charge >= 0.3 is 0 Å². The van der Waals surface area contributed by atoms with E-state index in [0.29, 0.717) is 0 Å². The Kier molecular flexibility index (Phi) is 9.11. The van der Waals surface area contributed by atoms with E-state index in [1.165, 1.54) is 119 Å². The number of para-hydroxylation sites is 4. The van der Waals surface area contributed by atoms with E-state index in [0.717, 1.165) is 11.4 Å². The lowest BCUT2D eigenvalue weighted by atomic mass is 9.84. The maximum atomic E-state index is 2.44. The lowest BCUT2D eigenvalue weighted by Crippen LogP contribution is -1.95. The highest BCUT2D eigenvalue weighted by Crippen LogP contribution is 2.46. The molecule has 2 nitrogen and oxygen atoms in total. The number of thiophene rings is 1. The van der Waals surface area contributed by atoms with Gasteiger partial charge in [-0.05, 0) is 139 Å². The summed E-state index contributed by atoms with van der Waals surface area (Å²) in [6, 6.07) is 93.8. The summed E-state index contributed by atoms with van der Waals surface area (Å²) in [6.07, 6.45) is 0. The summed E-state index contributed by atoms with van der Waals surface area (Å²) in [6.45, 7) is 0. The van der Waals surface area contributed by atoms with Crippen LogP contribution in [0.1, 0.15) is 0 Å². The molecular formula is C66H42N2S. The standard InChI is InChI=1S/C66H42N2S/c1-2-15-43(16-3-1)63-39-40-64(69-63)48-18-14-17-46(41-48)47-33-38-57-58(42-47)66(45-31-36-50(37-32-45)68-61-27-12-8-21-53(61)54-22-9-13-28-62(54)68)56-24-5-4-23-55(56)65(57)44-29-34-49(35-30-44)67-59-25-10-6-19-51(59)52-20-7-11-26-60(52)67/h1-42H. The summed E-state index contributed by atoms with van der Waals surface area (Å²) in [7, 11) is 0. The van der Waals surface area contributed by atoms with Gasteiger partial charge in [0.2, 0.25) is 0 Å². The highest BCUT2D eigenvalue weighted by molar-refractivity contribution is 7.18. The molecule has 0 aliphatic carbocycles.